The Balaban J connectivity index is 1.46. The Morgan fingerprint density at radius 2 is 1.73 bits per heavy atom. The van der Waals surface area contributed by atoms with Crippen LogP contribution >= 0.6 is 23.2 Å². The van der Waals surface area contributed by atoms with Crippen LogP contribution in [0.3, 0.4) is 0 Å². The summed E-state index contributed by atoms with van der Waals surface area (Å²) in [4.78, 5) is 16.5. The molecule has 0 saturated carbocycles. The number of hydrogen-bond donors (Lipinski definition) is 1. The van der Waals surface area contributed by atoms with E-state index in [1.54, 1.807) is 24.3 Å². The first-order valence-corrected chi connectivity index (χ1v) is 9.20. The van der Waals surface area contributed by atoms with Crippen molar-refractivity contribution in [2.24, 2.45) is 0 Å². The van der Waals surface area contributed by atoms with Gasteiger partial charge in [-0.1, -0.05) is 41.4 Å². The molecule has 1 amide bonds. The zero-order chi connectivity index (χ0) is 18.5. The van der Waals surface area contributed by atoms with Gasteiger partial charge in [0, 0.05) is 42.8 Å². The molecule has 0 bridgehead atoms. The minimum atomic E-state index is -0.425. The standard InChI is InChI=1S/C19H20Cl2FN3O/c20-15-6-5-14(16(21)11-15)12-24-7-9-25(10-8-24)13-19(26)23-18-4-2-1-3-17(18)22/h1-6,11H,7-10,12-13H2,(H,23,26). The van der Waals surface area contributed by atoms with Gasteiger partial charge < -0.3 is 5.32 Å². The molecular formula is C19H20Cl2FN3O. The van der Waals surface area contributed by atoms with Gasteiger partial charge in [0.25, 0.3) is 0 Å². The predicted molar refractivity (Wildman–Crippen MR) is 103 cm³/mol. The van der Waals surface area contributed by atoms with Crippen molar-refractivity contribution in [1.29, 1.82) is 0 Å². The summed E-state index contributed by atoms with van der Waals surface area (Å²) in [5.74, 6) is -0.630. The van der Waals surface area contributed by atoms with Crippen LogP contribution < -0.4 is 5.32 Å². The molecule has 4 nitrogen and oxygen atoms in total. The summed E-state index contributed by atoms with van der Waals surface area (Å²) in [5, 5.41) is 3.92. The van der Waals surface area contributed by atoms with Gasteiger partial charge in [-0.15, -0.1) is 0 Å². The van der Waals surface area contributed by atoms with E-state index in [1.807, 2.05) is 12.1 Å². The summed E-state index contributed by atoms with van der Waals surface area (Å²) in [6.07, 6.45) is 0. The molecule has 1 fully saturated rings. The molecule has 1 aliphatic rings. The van der Waals surface area contributed by atoms with Gasteiger partial charge in [0.05, 0.1) is 12.2 Å². The minimum Gasteiger partial charge on any atom is -0.322 e. The number of carbonyl (C=O) groups excluding carboxylic acids is 1. The van der Waals surface area contributed by atoms with E-state index in [9.17, 15) is 9.18 Å². The van der Waals surface area contributed by atoms with E-state index in [0.717, 1.165) is 38.3 Å². The lowest BCUT2D eigenvalue weighted by Gasteiger charge is -2.34. The van der Waals surface area contributed by atoms with Crippen LogP contribution in [0.1, 0.15) is 5.56 Å². The Morgan fingerprint density at radius 1 is 1.04 bits per heavy atom. The number of amides is 1. The quantitative estimate of drug-likeness (QED) is 0.833. The average Bonchev–Trinajstić information content (AvgIpc) is 2.61. The molecule has 0 aromatic heterocycles. The number of hydrogen-bond acceptors (Lipinski definition) is 3. The third kappa shape index (κ3) is 5.17. The van der Waals surface area contributed by atoms with Gasteiger partial charge in [-0.2, -0.15) is 0 Å². The molecule has 7 heteroatoms. The Labute approximate surface area is 162 Å². The molecule has 138 valence electrons. The third-order valence-electron chi connectivity index (χ3n) is 4.39. The van der Waals surface area contributed by atoms with Crippen LogP contribution in [0.4, 0.5) is 10.1 Å². The van der Waals surface area contributed by atoms with Gasteiger partial charge in [-0.3, -0.25) is 14.6 Å². The molecule has 0 unspecified atom stereocenters. The van der Waals surface area contributed by atoms with Crippen molar-refractivity contribution < 1.29 is 9.18 Å². The average molecular weight is 396 g/mol. The van der Waals surface area contributed by atoms with Gasteiger partial charge in [-0.25, -0.2) is 4.39 Å². The molecule has 1 saturated heterocycles. The molecular weight excluding hydrogens is 376 g/mol. The molecule has 0 spiro atoms. The van der Waals surface area contributed by atoms with Crippen molar-refractivity contribution in [3.8, 4) is 0 Å². The highest BCUT2D eigenvalue weighted by Gasteiger charge is 2.20. The third-order valence-corrected chi connectivity index (χ3v) is 4.98. The highest BCUT2D eigenvalue weighted by Crippen LogP contribution is 2.22. The number of piperazine rings is 1. The first kappa shape index (κ1) is 19.1. The smallest absolute Gasteiger partial charge is 0.238 e. The van der Waals surface area contributed by atoms with Gasteiger partial charge in [0.15, 0.2) is 0 Å². The Kier molecular flexibility index (Phi) is 6.48. The summed E-state index contributed by atoms with van der Waals surface area (Å²) in [6, 6.07) is 11.7. The summed E-state index contributed by atoms with van der Waals surface area (Å²) in [6.45, 7) is 4.23. The van der Waals surface area contributed by atoms with Gasteiger partial charge >= 0.3 is 0 Å². The lowest BCUT2D eigenvalue weighted by molar-refractivity contribution is -0.117. The van der Waals surface area contributed by atoms with Crippen molar-refractivity contribution in [1.82, 2.24) is 9.80 Å². The maximum atomic E-state index is 13.6. The first-order valence-electron chi connectivity index (χ1n) is 8.44. The van der Waals surface area contributed by atoms with Crippen molar-refractivity contribution in [3.05, 3.63) is 63.9 Å². The number of benzene rings is 2. The molecule has 1 N–H and O–H groups in total. The van der Waals surface area contributed by atoms with Crippen molar-refractivity contribution in [3.63, 3.8) is 0 Å². The molecule has 0 radical (unpaired) electrons. The van der Waals surface area contributed by atoms with Crippen LogP contribution in [0, 0.1) is 5.82 Å². The molecule has 3 rings (SSSR count). The summed E-state index contributed by atoms with van der Waals surface area (Å²) in [5.41, 5.74) is 1.26. The fraction of sp³-hybridized carbons (Fsp3) is 0.316. The largest absolute Gasteiger partial charge is 0.322 e. The zero-order valence-corrected chi connectivity index (χ0v) is 15.7. The number of rotatable bonds is 5. The Bertz CT molecular complexity index is 779. The highest BCUT2D eigenvalue weighted by atomic mass is 35.5. The van der Waals surface area contributed by atoms with Gasteiger partial charge in [0.2, 0.25) is 5.91 Å². The normalized spacial score (nSPS) is 15.8. The van der Waals surface area contributed by atoms with Crippen LogP contribution in [0.15, 0.2) is 42.5 Å². The van der Waals surface area contributed by atoms with Crippen molar-refractivity contribution >= 4 is 34.8 Å². The monoisotopic (exact) mass is 395 g/mol. The Morgan fingerprint density at radius 3 is 2.42 bits per heavy atom. The van der Waals surface area contributed by atoms with Crippen molar-refractivity contribution in [2.45, 2.75) is 6.54 Å². The number of nitrogens with one attached hydrogen (secondary N) is 1. The highest BCUT2D eigenvalue weighted by molar-refractivity contribution is 6.35. The molecule has 1 heterocycles. The fourth-order valence-corrected chi connectivity index (χ4v) is 3.42. The SMILES string of the molecule is O=C(CN1CCN(Cc2ccc(Cl)cc2Cl)CC1)Nc1ccccc1F. The maximum Gasteiger partial charge on any atom is 0.238 e. The molecule has 26 heavy (non-hydrogen) atoms. The van der Waals surface area contributed by atoms with Crippen molar-refractivity contribution in [2.75, 3.05) is 38.0 Å². The van der Waals surface area contributed by atoms with Gasteiger partial charge in [-0.05, 0) is 29.8 Å². The number of carbonyl (C=O) groups is 1. The van der Waals surface area contributed by atoms with E-state index >= 15 is 0 Å². The zero-order valence-electron chi connectivity index (χ0n) is 14.2. The molecule has 0 aliphatic carbocycles. The van der Waals surface area contributed by atoms with E-state index in [0.29, 0.717) is 10.0 Å². The van der Waals surface area contributed by atoms with Crippen LogP contribution in [0.2, 0.25) is 10.0 Å². The molecule has 2 aromatic rings. The maximum absolute atomic E-state index is 13.6. The fourth-order valence-electron chi connectivity index (χ4n) is 2.95. The van der Waals surface area contributed by atoms with Crippen LogP contribution in [0.25, 0.3) is 0 Å². The number of halogens is 3. The van der Waals surface area contributed by atoms with E-state index in [-0.39, 0.29) is 18.1 Å². The van der Waals surface area contributed by atoms with Gasteiger partial charge in [0.1, 0.15) is 5.82 Å². The summed E-state index contributed by atoms with van der Waals surface area (Å²) in [7, 11) is 0. The lowest BCUT2D eigenvalue weighted by atomic mass is 10.2. The minimum absolute atomic E-state index is 0.204. The predicted octanol–water partition coefficient (Wildman–Crippen LogP) is 3.89. The number of nitrogens with zero attached hydrogens (tertiary/aromatic N) is 2. The Hall–Kier alpha value is -1.66. The second-order valence-electron chi connectivity index (χ2n) is 6.32. The first-order chi connectivity index (χ1) is 12.5. The second kappa shape index (κ2) is 8.82. The lowest BCUT2D eigenvalue weighted by Crippen LogP contribution is -2.48. The molecule has 0 atom stereocenters. The summed E-state index contributed by atoms with van der Waals surface area (Å²) < 4.78 is 13.6. The van der Waals surface area contributed by atoms with Crippen LogP contribution in [-0.4, -0.2) is 48.4 Å². The van der Waals surface area contributed by atoms with Crippen LogP contribution in [-0.2, 0) is 11.3 Å². The second-order valence-corrected chi connectivity index (χ2v) is 7.16. The summed E-state index contributed by atoms with van der Waals surface area (Å²) >= 11 is 12.2. The van der Waals surface area contributed by atoms with E-state index in [2.05, 4.69) is 15.1 Å². The number of anilines is 1. The van der Waals surface area contributed by atoms with Crippen LogP contribution in [0.5, 0.6) is 0 Å². The topological polar surface area (TPSA) is 35.6 Å². The number of para-hydroxylation sites is 1. The van der Waals surface area contributed by atoms with E-state index < -0.39 is 5.82 Å². The van der Waals surface area contributed by atoms with E-state index in [4.69, 9.17) is 23.2 Å². The van der Waals surface area contributed by atoms with E-state index in [1.165, 1.54) is 6.07 Å². The molecule has 2 aromatic carbocycles. The molecule has 1 aliphatic heterocycles.